The lowest BCUT2D eigenvalue weighted by molar-refractivity contribution is -0.121. The van der Waals surface area contributed by atoms with Crippen molar-refractivity contribution in [2.75, 3.05) is 24.7 Å². The highest BCUT2D eigenvalue weighted by atomic mass is 16.5. The molecule has 0 aliphatic carbocycles. The second-order valence-electron chi connectivity index (χ2n) is 5.69. The number of anilines is 1. The van der Waals surface area contributed by atoms with Crippen LogP contribution < -0.4 is 14.4 Å². The van der Waals surface area contributed by atoms with Crippen molar-refractivity contribution in [1.29, 1.82) is 0 Å². The zero-order chi connectivity index (χ0) is 16.9. The van der Waals surface area contributed by atoms with E-state index in [0.717, 1.165) is 12.0 Å². The topological polar surface area (TPSA) is 55.8 Å². The maximum absolute atomic E-state index is 12.1. The van der Waals surface area contributed by atoms with Crippen LogP contribution in [0.25, 0.3) is 0 Å². The Hall–Kier alpha value is -2.82. The van der Waals surface area contributed by atoms with Gasteiger partial charge in [0, 0.05) is 12.1 Å². The molecule has 1 aliphatic heterocycles. The van der Waals surface area contributed by atoms with Gasteiger partial charge in [-0.2, -0.15) is 0 Å². The normalized spacial score (nSPS) is 13.2. The fourth-order valence-electron chi connectivity index (χ4n) is 2.58. The quantitative estimate of drug-likeness (QED) is 0.605. The standard InChI is InChI=1S/C19H19NO4/c1-14-3-6-16(7-4-14)23-10-2-9-20-17-11-15(12-21)5-8-18(17)24-13-19(20)22/h3-8,11-12H,2,9-10,13H2,1H3. The van der Waals surface area contributed by atoms with E-state index in [2.05, 4.69) is 0 Å². The first kappa shape index (κ1) is 16.1. The summed E-state index contributed by atoms with van der Waals surface area (Å²) in [5.74, 6) is 1.33. The van der Waals surface area contributed by atoms with E-state index in [4.69, 9.17) is 9.47 Å². The molecule has 0 atom stereocenters. The molecule has 0 aromatic heterocycles. The Morgan fingerprint density at radius 1 is 1.21 bits per heavy atom. The molecule has 0 radical (unpaired) electrons. The molecule has 5 nitrogen and oxygen atoms in total. The Bertz CT molecular complexity index is 740. The van der Waals surface area contributed by atoms with E-state index in [1.807, 2.05) is 31.2 Å². The van der Waals surface area contributed by atoms with Gasteiger partial charge < -0.3 is 14.4 Å². The monoisotopic (exact) mass is 325 g/mol. The van der Waals surface area contributed by atoms with Gasteiger partial charge in [0.2, 0.25) is 0 Å². The minimum absolute atomic E-state index is 0.0201. The molecule has 5 heteroatoms. The third-order valence-corrected chi connectivity index (χ3v) is 3.88. The molecule has 0 saturated heterocycles. The molecule has 0 fully saturated rings. The summed E-state index contributed by atoms with van der Waals surface area (Å²) in [5, 5.41) is 0. The smallest absolute Gasteiger partial charge is 0.265 e. The average Bonchev–Trinajstić information content (AvgIpc) is 2.61. The molecule has 24 heavy (non-hydrogen) atoms. The molecule has 3 rings (SSSR count). The number of fused-ring (bicyclic) bond motifs is 1. The Kier molecular flexibility index (Phi) is 4.79. The first-order valence-electron chi connectivity index (χ1n) is 7.89. The number of hydrogen-bond donors (Lipinski definition) is 0. The summed E-state index contributed by atoms with van der Waals surface area (Å²) in [4.78, 5) is 24.7. The van der Waals surface area contributed by atoms with Crippen molar-refractivity contribution >= 4 is 17.9 Å². The number of hydrogen-bond acceptors (Lipinski definition) is 4. The van der Waals surface area contributed by atoms with Crippen LogP contribution in [0.5, 0.6) is 11.5 Å². The van der Waals surface area contributed by atoms with Gasteiger partial charge >= 0.3 is 0 Å². The zero-order valence-corrected chi connectivity index (χ0v) is 13.5. The van der Waals surface area contributed by atoms with Crippen molar-refractivity contribution in [3.63, 3.8) is 0 Å². The van der Waals surface area contributed by atoms with Gasteiger partial charge in [-0.3, -0.25) is 9.59 Å². The molecule has 0 unspecified atom stereocenters. The number of carbonyl (C=O) groups excluding carboxylic acids is 2. The number of nitrogens with zero attached hydrogens (tertiary/aromatic N) is 1. The number of amides is 1. The van der Waals surface area contributed by atoms with Crippen molar-refractivity contribution in [1.82, 2.24) is 0 Å². The summed E-state index contributed by atoms with van der Waals surface area (Å²) in [6.07, 6.45) is 1.45. The average molecular weight is 325 g/mol. The summed E-state index contributed by atoms with van der Waals surface area (Å²) in [5.41, 5.74) is 2.35. The molecule has 1 aliphatic rings. The van der Waals surface area contributed by atoms with Crippen LogP contribution in [0.4, 0.5) is 5.69 Å². The first-order chi connectivity index (χ1) is 11.7. The van der Waals surface area contributed by atoms with Crippen molar-refractivity contribution in [2.24, 2.45) is 0 Å². The maximum atomic E-state index is 12.1. The number of ether oxygens (including phenoxy) is 2. The molecule has 0 N–H and O–H groups in total. The van der Waals surface area contributed by atoms with Crippen LogP contribution in [0, 0.1) is 6.92 Å². The van der Waals surface area contributed by atoms with Crippen LogP contribution >= 0.6 is 0 Å². The lowest BCUT2D eigenvalue weighted by atomic mass is 10.1. The highest BCUT2D eigenvalue weighted by Gasteiger charge is 2.25. The largest absolute Gasteiger partial charge is 0.494 e. The molecule has 2 aromatic carbocycles. The minimum Gasteiger partial charge on any atom is -0.494 e. The molecule has 1 heterocycles. The number of rotatable bonds is 6. The van der Waals surface area contributed by atoms with Gasteiger partial charge in [-0.15, -0.1) is 0 Å². The summed E-state index contributed by atoms with van der Waals surface area (Å²) in [7, 11) is 0. The SMILES string of the molecule is Cc1ccc(OCCCN2C(=O)COc3ccc(C=O)cc32)cc1. The molecule has 2 aromatic rings. The summed E-state index contributed by atoms with van der Waals surface area (Å²) >= 11 is 0. The highest BCUT2D eigenvalue weighted by Crippen LogP contribution is 2.32. The molecule has 1 amide bonds. The highest BCUT2D eigenvalue weighted by molar-refractivity contribution is 5.98. The first-order valence-corrected chi connectivity index (χ1v) is 7.89. The Morgan fingerprint density at radius 2 is 2.00 bits per heavy atom. The predicted molar refractivity (Wildman–Crippen MR) is 91.0 cm³/mol. The van der Waals surface area contributed by atoms with Crippen LogP contribution in [-0.2, 0) is 4.79 Å². The van der Waals surface area contributed by atoms with Gasteiger partial charge in [0.05, 0.1) is 12.3 Å². The van der Waals surface area contributed by atoms with Gasteiger partial charge in [0.1, 0.15) is 17.8 Å². The van der Waals surface area contributed by atoms with Crippen molar-refractivity contribution < 1.29 is 19.1 Å². The Morgan fingerprint density at radius 3 is 2.75 bits per heavy atom. The van der Waals surface area contributed by atoms with E-state index in [1.165, 1.54) is 5.56 Å². The predicted octanol–water partition coefficient (Wildman–Crippen LogP) is 3.00. The van der Waals surface area contributed by atoms with Gasteiger partial charge in [-0.25, -0.2) is 0 Å². The summed E-state index contributed by atoms with van der Waals surface area (Å²) in [6.45, 7) is 3.07. The summed E-state index contributed by atoms with van der Waals surface area (Å²) in [6, 6.07) is 12.9. The molecular weight excluding hydrogens is 306 g/mol. The maximum Gasteiger partial charge on any atom is 0.265 e. The van der Waals surface area contributed by atoms with E-state index in [0.29, 0.717) is 36.6 Å². The second-order valence-corrected chi connectivity index (χ2v) is 5.69. The molecular formula is C19H19NO4. The van der Waals surface area contributed by atoms with Crippen LogP contribution in [0.2, 0.25) is 0 Å². The van der Waals surface area contributed by atoms with Crippen molar-refractivity contribution in [2.45, 2.75) is 13.3 Å². The van der Waals surface area contributed by atoms with E-state index in [9.17, 15) is 9.59 Å². The van der Waals surface area contributed by atoms with Crippen LogP contribution in [0.1, 0.15) is 22.3 Å². The number of aldehydes is 1. The van der Waals surface area contributed by atoms with Crippen molar-refractivity contribution in [3.8, 4) is 11.5 Å². The third kappa shape index (κ3) is 3.56. The van der Waals surface area contributed by atoms with Crippen LogP contribution in [0.3, 0.4) is 0 Å². The zero-order valence-electron chi connectivity index (χ0n) is 13.5. The van der Waals surface area contributed by atoms with Crippen molar-refractivity contribution in [3.05, 3.63) is 53.6 Å². The third-order valence-electron chi connectivity index (χ3n) is 3.88. The second kappa shape index (κ2) is 7.17. The van der Waals surface area contributed by atoms with Gasteiger partial charge in [-0.05, 0) is 43.7 Å². The van der Waals surface area contributed by atoms with Crippen LogP contribution in [0.15, 0.2) is 42.5 Å². The Balaban J connectivity index is 1.61. The van der Waals surface area contributed by atoms with Gasteiger partial charge in [-0.1, -0.05) is 17.7 Å². The summed E-state index contributed by atoms with van der Waals surface area (Å²) < 4.78 is 11.1. The molecule has 0 saturated carbocycles. The van der Waals surface area contributed by atoms with E-state index in [-0.39, 0.29) is 12.5 Å². The lowest BCUT2D eigenvalue weighted by Crippen LogP contribution is -2.39. The van der Waals surface area contributed by atoms with Gasteiger partial charge in [0.25, 0.3) is 5.91 Å². The lowest BCUT2D eigenvalue weighted by Gasteiger charge is -2.29. The molecule has 0 spiro atoms. The molecule has 0 bridgehead atoms. The number of aryl methyl sites for hydroxylation is 1. The van der Waals surface area contributed by atoms with E-state index < -0.39 is 0 Å². The van der Waals surface area contributed by atoms with Gasteiger partial charge in [0.15, 0.2) is 6.61 Å². The van der Waals surface area contributed by atoms with E-state index in [1.54, 1.807) is 23.1 Å². The number of benzene rings is 2. The molecule has 124 valence electrons. The fourth-order valence-corrected chi connectivity index (χ4v) is 2.58. The van der Waals surface area contributed by atoms with Crippen LogP contribution in [-0.4, -0.2) is 32.0 Å². The minimum atomic E-state index is -0.110. The fraction of sp³-hybridized carbons (Fsp3) is 0.263. The van der Waals surface area contributed by atoms with E-state index >= 15 is 0 Å². The Labute approximate surface area is 140 Å². The number of carbonyl (C=O) groups is 2.